The van der Waals surface area contributed by atoms with Gasteiger partial charge in [-0.25, -0.2) is 4.98 Å². The van der Waals surface area contributed by atoms with Crippen LogP contribution < -0.4 is 5.32 Å². The number of benzene rings is 1. The maximum Gasteiger partial charge on any atom is 0.226 e. The van der Waals surface area contributed by atoms with Gasteiger partial charge in [0.05, 0.1) is 17.9 Å². The number of hydrogen-bond acceptors (Lipinski definition) is 5. The van der Waals surface area contributed by atoms with Crippen LogP contribution in [0.1, 0.15) is 43.3 Å². The number of anilines is 1. The summed E-state index contributed by atoms with van der Waals surface area (Å²) in [6, 6.07) is 12.1. The lowest BCUT2D eigenvalue weighted by Crippen LogP contribution is -2.36. The van der Waals surface area contributed by atoms with E-state index < -0.39 is 0 Å². The number of aryl methyl sites for hydroxylation is 1. The van der Waals surface area contributed by atoms with Crippen molar-refractivity contribution in [2.45, 2.75) is 38.6 Å². The molecule has 2 N–H and O–H groups in total. The van der Waals surface area contributed by atoms with Crippen molar-refractivity contribution in [3.8, 4) is 11.3 Å². The van der Waals surface area contributed by atoms with Gasteiger partial charge in [-0.05, 0) is 31.9 Å². The first-order valence-electron chi connectivity index (χ1n) is 9.76. The van der Waals surface area contributed by atoms with Crippen molar-refractivity contribution in [3.63, 3.8) is 0 Å². The zero-order valence-corrected chi connectivity index (χ0v) is 16.0. The first kappa shape index (κ1) is 18.4. The predicted octanol–water partition coefficient (Wildman–Crippen LogP) is 3.93. The second-order valence-corrected chi connectivity index (χ2v) is 7.22. The summed E-state index contributed by atoms with van der Waals surface area (Å²) < 4.78 is 4.99. The minimum Gasteiger partial charge on any atom is -0.360 e. The lowest BCUT2D eigenvalue weighted by Gasteiger charge is -2.34. The number of nitrogens with zero attached hydrogens (tertiary/aromatic N) is 3. The summed E-state index contributed by atoms with van der Waals surface area (Å²) in [4.78, 5) is 22.7. The molecule has 0 aliphatic carbocycles. The summed E-state index contributed by atoms with van der Waals surface area (Å²) >= 11 is 0. The van der Waals surface area contributed by atoms with E-state index in [1.807, 2.05) is 24.4 Å². The number of likely N-dealkylation sites (tertiary alicyclic amines) is 1. The Morgan fingerprint density at radius 2 is 2.18 bits per heavy atom. The molecule has 28 heavy (non-hydrogen) atoms. The fraction of sp³-hybridized carbons (Fsp3) is 0.381. The van der Waals surface area contributed by atoms with Crippen molar-refractivity contribution in [3.05, 3.63) is 54.2 Å². The van der Waals surface area contributed by atoms with Crippen LogP contribution in [0, 0.1) is 6.92 Å². The van der Waals surface area contributed by atoms with Crippen LogP contribution in [0.3, 0.4) is 0 Å². The van der Waals surface area contributed by atoms with E-state index in [0.717, 1.165) is 36.5 Å². The molecule has 0 bridgehead atoms. The van der Waals surface area contributed by atoms with Crippen molar-refractivity contribution in [2.24, 2.45) is 0 Å². The van der Waals surface area contributed by atoms with Gasteiger partial charge in [-0.1, -0.05) is 41.9 Å². The molecule has 7 nitrogen and oxygen atoms in total. The first-order chi connectivity index (χ1) is 13.7. The van der Waals surface area contributed by atoms with Gasteiger partial charge in [0.2, 0.25) is 5.91 Å². The normalized spacial score (nSPS) is 17.5. The summed E-state index contributed by atoms with van der Waals surface area (Å²) in [6.07, 6.45) is 5.68. The van der Waals surface area contributed by atoms with E-state index in [1.54, 1.807) is 13.0 Å². The van der Waals surface area contributed by atoms with E-state index in [-0.39, 0.29) is 11.9 Å². The van der Waals surface area contributed by atoms with Gasteiger partial charge < -0.3 is 14.8 Å². The van der Waals surface area contributed by atoms with Crippen LogP contribution in [0.5, 0.6) is 0 Å². The molecule has 1 amide bonds. The molecule has 2 aromatic heterocycles. The molecule has 1 atom stereocenters. The van der Waals surface area contributed by atoms with E-state index >= 15 is 0 Å². The second kappa shape index (κ2) is 8.39. The standard InChI is InChI=1S/C21H25N5O2/c1-15-13-19(25-28-15)24-20(27)10-12-26-11-6-5-9-18(26)21-22-14-17(23-21)16-7-3-2-4-8-16/h2-4,7-8,13-14,18H,5-6,9-12H2,1H3,(H,22,23)(H,24,25,27)/t18-/m1/s1. The fourth-order valence-corrected chi connectivity index (χ4v) is 3.71. The Balaban J connectivity index is 1.39. The fourth-order valence-electron chi connectivity index (χ4n) is 3.71. The number of hydrogen-bond donors (Lipinski definition) is 2. The van der Waals surface area contributed by atoms with Gasteiger partial charge in [-0.3, -0.25) is 9.69 Å². The number of aromatic amines is 1. The molecule has 3 aromatic rings. The average Bonchev–Trinajstić information content (AvgIpc) is 3.37. The molecule has 1 fully saturated rings. The smallest absolute Gasteiger partial charge is 0.226 e. The lowest BCUT2D eigenvalue weighted by molar-refractivity contribution is -0.116. The van der Waals surface area contributed by atoms with Gasteiger partial charge in [-0.15, -0.1) is 0 Å². The van der Waals surface area contributed by atoms with Crippen molar-refractivity contribution >= 4 is 11.7 Å². The number of carbonyl (C=O) groups excluding carboxylic acids is 1. The Kier molecular flexibility index (Phi) is 5.53. The molecule has 0 radical (unpaired) electrons. The third-order valence-corrected chi connectivity index (χ3v) is 5.13. The Morgan fingerprint density at radius 1 is 1.32 bits per heavy atom. The van der Waals surface area contributed by atoms with Crippen LogP contribution >= 0.6 is 0 Å². The number of aromatic nitrogens is 3. The summed E-state index contributed by atoms with van der Waals surface area (Å²) in [7, 11) is 0. The van der Waals surface area contributed by atoms with Gasteiger partial charge in [0, 0.05) is 19.0 Å². The third-order valence-electron chi connectivity index (χ3n) is 5.13. The Labute approximate surface area is 164 Å². The van der Waals surface area contributed by atoms with Crippen LogP contribution in [0.4, 0.5) is 5.82 Å². The molecule has 1 aromatic carbocycles. The van der Waals surface area contributed by atoms with E-state index in [4.69, 9.17) is 4.52 Å². The molecule has 4 rings (SSSR count). The van der Waals surface area contributed by atoms with E-state index in [0.29, 0.717) is 24.5 Å². The molecule has 0 unspecified atom stereocenters. The summed E-state index contributed by atoms with van der Waals surface area (Å²) in [5, 5.41) is 6.60. The zero-order valence-electron chi connectivity index (χ0n) is 16.0. The number of nitrogens with one attached hydrogen (secondary N) is 2. The lowest BCUT2D eigenvalue weighted by atomic mass is 10.0. The number of imidazole rings is 1. The molecule has 0 saturated carbocycles. The molecule has 0 spiro atoms. The minimum absolute atomic E-state index is 0.0537. The third kappa shape index (κ3) is 4.31. The average molecular weight is 379 g/mol. The zero-order chi connectivity index (χ0) is 19.3. The Bertz CT molecular complexity index is 918. The van der Waals surface area contributed by atoms with Gasteiger partial charge >= 0.3 is 0 Å². The highest BCUT2D eigenvalue weighted by Gasteiger charge is 2.26. The number of carbonyl (C=O) groups is 1. The number of amides is 1. The minimum atomic E-state index is -0.0537. The highest BCUT2D eigenvalue weighted by molar-refractivity contribution is 5.89. The van der Waals surface area contributed by atoms with Gasteiger partial charge in [0.15, 0.2) is 5.82 Å². The van der Waals surface area contributed by atoms with Crippen LogP contribution in [0.25, 0.3) is 11.3 Å². The van der Waals surface area contributed by atoms with Gasteiger partial charge in [0.25, 0.3) is 0 Å². The molecule has 146 valence electrons. The highest BCUT2D eigenvalue weighted by atomic mass is 16.5. The molecule has 1 saturated heterocycles. The van der Waals surface area contributed by atoms with Crippen molar-refractivity contribution < 1.29 is 9.32 Å². The molecule has 7 heteroatoms. The van der Waals surface area contributed by atoms with Gasteiger partial charge in [0.1, 0.15) is 11.6 Å². The number of rotatable bonds is 6. The van der Waals surface area contributed by atoms with E-state index in [2.05, 4.69) is 37.5 Å². The molecular formula is C21H25N5O2. The summed E-state index contributed by atoms with van der Waals surface area (Å²) in [5.74, 6) is 2.07. The number of piperidine rings is 1. The quantitative estimate of drug-likeness (QED) is 0.678. The molecule has 3 heterocycles. The van der Waals surface area contributed by atoms with Crippen molar-refractivity contribution in [1.82, 2.24) is 20.0 Å². The van der Waals surface area contributed by atoms with Gasteiger partial charge in [-0.2, -0.15) is 0 Å². The molecular weight excluding hydrogens is 354 g/mol. The van der Waals surface area contributed by atoms with E-state index in [1.165, 1.54) is 6.42 Å². The Hall–Kier alpha value is -2.93. The monoisotopic (exact) mass is 379 g/mol. The summed E-state index contributed by atoms with van der Waals surface area (Å²) in [5.41, 5.74) is 2.16. The first-order valence-corrected chi connectivity index (χ1v) is 9.76. The van der Waals surface area contributed by atoms with Crippen molar-refractivity contribution in [1.29, 1.82) is 0 Å². The number of H-pyrrole nitrogens is 1. The maximum atomic E-state index is 12.3. The molecule has 1 aliphatic heterocycles. The maximum absolute atomic E-state index is 12.3. The highest BCUT2D eigenvalue weighted by Crippen LogP contribution is 2.30. The predicted molar refractivity (Wildman–Crippen MR) is 107 cm³/mol. The second-order valence-electron chi connectivity index (χ2n) is 7.22. The van der Waals surface area contributed by atoms with E-state index in [9.17, 15) is 4.79 Å². The summed E-state index contributed by atoms with van der Waals surface area (Å²) in [6.45, 7) is 3.46. The SMILES string of the molecule is Cc1cc(NC(=O)CCN2CCCC[C@@H]2c2ncc(-c3ccccc3)[nH]2)no1. The molecule has 1 aliphatic rings. The van der Waals surface area contributed by atoms with Crippen LogP contribution in [0.2, 0.25) is 0 Å². The van der Waals surface area contributed by atoms with Crippen LogP contribution in [-0.4, -0.2) is 39.0 Å². The topological polar surface area (TPSA) is 87.0 Å². The van der Waals surface area contributed by atoms with Crippen molar-refractivity contribution in [2.75, 3.05) is 18.4 Å². The Morgan fingerprint density at radius 3 is 2.96 bits per heavy atom. The van der Waals surface area contributed by atoms with Crippen LogP contribution in [0.15, 0.2) is 47.1 Å². The largest absolute Gasteiger partial charge is 0.360 e. The van der Waals surface area contributed by atoms with Crippen LogP contribution in [-0.2, 0) is 4.79 Å².